The summed E-state index contributed by atoms with van der Waals surface area (Å²) in [4.78, 5) is 0.921. The van der Waals surface area contributed by atoms with E-state index in [0.29, 0.717) is 0 Å². The van der Waals surface area contributed by atoms with E-state index in [0.717, 1.165) is 27.1 Å². The zero-order valence-corrected chi connectivity index (χ0v) is 13.6. The van der Waals surface area contributed by atoms with Crippen molar-refractivity contribution in [2.24, 2.45) is 0 Å². The van der Waals surface area contributed by atoms with Gasteiger partial charge in [0, 0.05) is 27.1 Å². The number of hydrogen-bond donors (Lipinski definition) is 1. The Hall–Kier alpha value is -2.94. The summed E-state index contributed by atoms with van der Waals surface area (Å²) < 4.78 is 12.8. The average Bonchev–Trinajstić information content (AvgIpc) is 2.62. The fourth-order valence-corrected chi connectivity index (χ4v) is 2.15. The molecule has 0 spiro atoms. The molecule has 2 heteroatoms. The van der Waals surface area contributed by atoms with Crippen molar-refractivity contribution >= 4 is 12.6 Å². The first kappa shape index (κ1) is 15.9. The molecule has 0 heterocycles. The smallest absolute Gasteiger partial charge is 0.123 e. The van der Waals surface area contributed by atoms with Gasteiger partial charge in [0.2, 0.25) is 0 Å². The summed E-state index contributed by atoms with van der Waals surface area (Å²) in [5.41, 5.74) is 3.56. The lowest BCUT2D eigenvalue weighted by molar-refractivity contribution is 0.627. The van der Waals surface area contributed by atoms with Crippen molar-refractivity contribution in [2.45, 2.75) is 4.90 Å². The van der Waals surface area contributed by atoms with Crippen molar-refractivity contribution in [3.05, 3.63) is 101 Å². The Kier molecular flexibility index (Phi) is 5.02. The van der Waals surface area contributed by atoms with Crippen molar-refractivity contribution in [1.29, 1.82) is 0 Å². The van der Waals surface area contributed by atoms with Gasteiger partial charge in [-0.1, -0.05) is 23.7 Å². The molecule has 0 aliphatic rings. The third-order valence-electron chi connectivity index (χ3n) is 3.30. The van der Waals surface area contributed by atoms with E-state index in [1.807, 2.05) is 48.5 Å². The highest BCUT2D eigenvalue weighted by molar-refractivity contribution is 7.80. The van der Waals surface area contributed by atoms with E-state index in [4.69, 9.17) is 0 Å². The first-order chi connectivity index (χ1) is 11.7. The second-order valence-electron chi connectivity index (χ2n) is 5.13. The third-order valence-corrected chi connectivity index (χ3v) is 3.60. The summed E-state index contributed by atoms with van der Waals surface area (Å²) in [6.45, 7) is 0. The Bertz CT molecular complexity index is 863. The Labute approximate surface area is 146 Å². The summed E-state index contributed by atoms with van der Waals surface area (Å²) in [6.07, 6.45) is 0. The van der Waals surface area contributed by atoms with E-state index in [-0.39, 0.29) is 5.82 Å². The molecular formula is C22H13FS. The lowest BCUT2D eigenvalue weighted by atomic mass is 10.1. The summed E-state index contributed by atoms with van der Waals surface area (Å²) in [7, 11) is 0. The minimum absolute atomic E-state index is 0.257. The Morgan fingerprint density at radius 1 is 0.500 bits per heavy atom. The van der Waals surface area contributed by atoms with Gasteiger partial charge in [-0.25, -0.2) is 4.39 Å². The van der Waals surface area contributed by atoms with E-state index in [9.17, 15) is 4.39 Å². The van der Waals surface area contributed by atoms with Gasteiger partial charge in [-0.2, -0.15) is 0 Å². The predicted octanol–water partition coefficient (Wildman–Crippen LogP) is 4.91. The molecule has 0 aliphatic carbocycles. The van der Waals surface area contributed by atoms with Gasteiger partial charge >= 0.3 is 0 Å². The number of halogens is 1. The lowest BCUT2D eigenvalue weighted by Crippen LogP contribution is -1.79. The van der Waals surface area contributed by atoms with E-state index >= 15 is 0 Å². The van der Waals surface area contributed by atoms with Crippen LogP contribution in [0.25, 0.3) is 0 Å². The topological polar surface area (TPSA) is 0 Å². The fraction of sp³-hybridized carbons (Fsp3) is 0. The van der Waals surface area contributed by atoms with Crippen molar-refractivity contribution in [2.75, 3.05) is 0 Å². The molecule has 3 aromatic rings. The average molecular weight is 328 g/mol. The molecule has 24 heavy (non-hydrogen) atoms. The minimum atomic E-state index is -0.257. The predicted molar refractivity (Wildman–Crippen MR) is 98.5 cm³/mol. The van der Waals surface area contributed by atoms with Crippen LogP contribution in [-0.2, 0) is 0 Å². The Morgan fingerprint density at radius 3 is 1.17 bits per heavy atom. The maximum absolute atomic E-state index is 12.8. The van der Waals surface area contributed by atoms with Crippen LogP contribution in [0.1, 0.15) is 22.3 Å². The number of rotatable bonds is 0. The highest BCUT2D eigenvalue weighted by Crippen LogP contribution is 2.08. The van der Waals surface area contributed by atoms with Gasteiger partial charge in [-0.15, -0.1) is 12.6 Å². The normalized spacial score (nSPS) is 9.42. The van der Waals surface area contributed by atoms with E-state index < -0.39 is 0 Å². The summed E-state index contributed by atoms with van der Waals surface area (Å²) in [6, 6.07) is 21.6. The SMILES string of the molecule is Fc1ccc(C#Cc2ccc(C#Cc3ccc(S)cc3)cc2)cc1. The molecule has 0 unspecified atom stereocenters. The van der Waals surface area contributed by atoms with E-state index in [2.05, 4.69) is 36.3 Å². The number of hydrogen-bond acceptors (Lipinski definition) is 1. The molecule has 0 fully saturated rings. The highest BCUT2D eigenvalue weighted by atomic mass is 32.1. The summed E-state index contributed by atoms with van der Waals surface area (Å²) in [5.74, 6) is 12.1. The van der Waals surface area contributed by atoms with Crippen LogP contribution >= 0.6 is 12.6 Å². The molecule has 0 saturated heterocycles. The van der Waals surface area contributed by atoms with Crippen LogP contribution in [0, 0.1) is 29.5 Å². The molecule has 0 saturated carbocycles. The quantitative estimate of drug-likeness (QED) is 0.440. The highest BCUT2D eigenvalue weighted by Gasteiger charge is 1.91. The molecule has 0 aromatic heterocycles. The van der Waals surface area contributed by atoms with Crippen LogP contribution in [0.3, 0.4) is 0 Å². The van der Waals surface area contributed by atoms with Gasteiger partial charge in [0.1, 0.15) is 5.82 Å². The molecular weight excluding hydrogens is 315 g/mol. The van der Waals surface area contributed by atoms with Crippen molar-refractivity contribution in [3.63, 3.8) is 0 Å². The van der Waals surface area contributed by atoms with E-state index in [1.165, 1.54) is 12.1 Å². The molecule has 3 rings (SSSR count). The number of benzene rings is 3. The van der Waals surface area contributed by atoms with Crippen LogP contribution in [-0.4, -0.2) is 0 Å². The Morgan fingerprint density at radius 2 is 0.792 bits per heavy atom. The molecule has 0 N–H and O–H groups in total. The molecule has 0 atom stereocenters. The van der Waals surface area contributed by atoms with Gasteiger partial charge in [0.15, 0.2) is 0 Å². The Balaban J connectivity index is 1.72. The van der Waals surface area contributed by atoms with Gasteiger partial charge in [-0.05, 0) is 72.8 Å². The summed E-state index contributed by atoms with van der Waals surface area (Å²) in [5, 5.41) is 0. The van der Waals surface area contributed by atoms with Crippen LogP contribution < -0.4 is 0 Å². The van der Waals surface area contributed by atoms with Gasteiger partial charge in [-0.3, -0.25) is 0 Å². The fourth-order valence-electron chi connectivity index (χ4n) is 2.00. The zero-order valence-electron chi connectivity index (χ0n) is 12.8. The van der Waals surface area contributed by atoms with Crippen molar-refractivity contribution in [3.8, 4) is 23.7 Å². The molecule has 0 nitrogen and oxygen atoms in total. The first-order valence-corrected chi connectivity index (χ1v) is 7.82. The van der Waals surface area contributed by atoms with Crippen LogP contribution in [0.5, 0.6) is 0 Å². The third kappa shape index (κ3) is 4.53. The largest absolute Gasteiger partial charge is 0.207 e. The second kappa shape index (κ2) is 7.55. The minimum Gasteiger partial charge on any atom is -0.207 e. The number of thiol groups is 1. The second-order valence-corrected chi connectivity index (χ2v) is 5.65. The molecule has 3 aromatic carbocycles. The molecule has 0 aliphatic heterocycles. The molecule has 0 amide bonds. The van der Waals surface area contributed by atoms with Crippen molar-refractivity contribution in [1.82, 2.24) is 0 Å². The van der Waals surface area contributed by atoms with Gasteiger partial charge in [0.25, 0.3) is 0 Å². The molecule has 0 bridgehead atoms. The maximum atomic E-state index is 12.8. The van der Waals surface area contributed by atoms with E-state index in [1.54, 1.807) is 12.1 Å². The molecule has 0 radical (unpaired) electrons. The monoisotopic (exact) mass is 328 g/mol. The lowest BCUT2D eigenvalue weighted by Gasteiger charge is -1.93. The van der Waals surface area contributed by atoms with Crippen LogP contribution in [0.4, 0.5) is 4.39 Å². The van der Waals surface area contributed by atoms with Gasteiger partial charge < -0.3 is 0 Å². The summed E-state index contributed by atoms with van der Waals surface area (Å²) >= 11 is 4.25. The first-order valence-electron chi connectivity index (χ1n) is 7.38. The zero-order chi connectivity index (χ0) is 16.8. The van der Waals surface area contributed by atoms with Crippen LogP contribution in [0.2, 0.25) is 0 Å². The van der Waals surface area contributed by atoms with Crippen molar-refractivity contribution < 1.29 is 4.39 Å². The van der Waals surface area contributed by atoms with Crippen LogP contribution in [0.15, 0.2) is 77.7 Å². The standard InChI is InChI=1S/C22H13FS/c23-21-13-9-19(10-14-21)7-5-17-1-3-18(4-2-17)6-8-20-11-15-22(24)16-12-20/h1-4,9-16,24H. The molecule has 114 valence electrons. The van der Waals surface area contributed by atoms with Gasteiger partial charge in [0.05, 0.1) is 0 Å². The maximum Gasteiger partial charge on any atom is 0.123 e.